The minimum Gasteiger partial charge on any atom is -0.383 e. The highest BCUT2D eigenvalue weighted by Crippen LogP contribution is 2.41. The summed E-state index contributed by atoms with van der Waals surface area (Å²) in [6, 6.07) is 16.8. The van der Waals surface area contributed by atoms with Gasteiger partial charge in [0.25, 0.3) is 0 Å². The van der Waals surface area contributed by atoms with Gasteiger partial charge in [-0.05, 0) is 60.7 Å². The lowest BCUT2D eigenvalue weighted by atomic mass is 10.0. The molecule has 168 valence electrons. The van der Waals surface area contributed by atoms with E-state index in [9.17, 15) is 8.42 Å². The smallest absolute Gasteiger partial charge is 0.229 e. The molecular formula is C22H25N5O3S2. The largest absolute Gasteiger partial charge is 0.383 e. The number of methoxy groups -OCH3 is 1. The van der Waals surface area contributed by atoms with E-state index in [1.54, 1.807) is 25.4 Å². The first-order valence-corrected chi connectivity index (χ1v) is 12.4. The van der Waals surface area contributed by atoms with Gasteiger partial charge in [0.1, 0.15) is 6.04 Å². The van der Waals surface area contributed by atoms with Gasteiger partial charge in [0, 0.05) is 43.1 Å². The van der Waals surface area contributed by atoms with E-state index in [1.165, 1.54) is 0 Å². The van der Waals surface area contributed by atoms with Crippen molar-refractivity contribution in [1.82, 2.24) is 14.9 Å². The second kappa shape index (κ2) is 9.27. The third kappa shape index (κ3) is 4.77. The molecule has 1 aliphatic heterocycles. The Kier molecular flexibility index (Phi) is 6.45. The maximum Gasteiger partial charge on any atom is 0.229 e. The van der Waals surface area contributed by atoms with Gasteiger partial charge in [0.15, 0.2) is 5.11 Å². The molecule has 1 aromatic carbocycles. The van der Waals surface area contributed by atoms with Crippen LogP contribution in [0.2, 0.25) is 0 Å². The third-order valence-corrected chi connectivity index (χ3v) is 6.17. The Morgan fingerprint density at radius 3 is 2.59 bits per heavy atom. The van der Waals surface area contributed by atoms with Crippen LogP contribution in [0.1, 0.15) is 23.5 Å². The highest BCUT2D eigenvalue weighted by Gasteiger charge is 2.41. The molecule has 0 aliphatic carbocycles. The van der Waals surface area contributed by atoms with Crippen LogP contribution in [0.3, 0.4) is 0 Å². The van der Waals surface area contributed by atoms with Crippen molar-refractivity contribution < 1.29 is 13.2 Å². The summed E-state index contributed by atoms with van der Waals surface area (Å²) in [5, 5.41) is 4.01. The summed E-state index contributed by atoms with van der Waals surface area (Å²) in [5.41, 5.74) is 3.31. The van der Waals surface area contributed by atoms with E-state index in [1.807, 2.05) is 42.6 Å². The number of rotatable bonds is 8. The van der Waals surface area contributed by atoms with Gasteiger partial charge in [-0.15, -0.1) is 0 Å². The van der Waals surface area contributed by atoms with Gasteiger partial charge in [0.05, 0.1) is 24.6 Å². The van der Waals surface area contributed by atoms with Gasteiger partial charge in [-0.3, -0.25) is 9.71 Å². The van der Waals surface area contributed by atoms with E-state index < -0.39 is 10.0 Å². The second-order valence-corrected chi connectivity index (χ2v) is 9.67. The van der Waals surface area contributed by atoms with Crippen LogP contribution in [0.25, 0.3) is 0 Å². The first-order chi connectivity index (χ1) is 15.4. The van der Waals surface area contributed by atoms with Gasteiger partial charge in [-0.1, -0.05) is 6.07 Å². The standard InChI is InChI=1S/C22H25N5O3S2/c1-30-15-14-26-13-5-7-19(26)21-20(18-6-3-4-12-23-18)24-22(31)27(21)17-10-8-16(9-11-17)25-32(2,28)29/h3-13,20-21,25H,14-15H2,1-2H3,(H,24,31)/t20-,21+/m0/s1. The molecule has 10 heteroatoms. The third-order valence-electron chi connectivity index (χ3n) is 5.25. The van der Waals surface area contributed by atoms with Gasteiger partial charge < -0.3 is 19.5 Å². The molecule has 1 aliphatic rings. The normalized spacial score (nSPS) is 18.6. The Balaban J connectivity index is 1.75. The molecule has 32 heavy (non-hydrogen) atoms. The zero-order valence-corrected chi connectivity index (χ0v) is 19.4. The molecule has 0 saturated carbocycles. The number of benzene rings is 1. The summed E-state index contributed by atoms with van der Waals surface area (Å²) >= 11 is 5.74. The minimum atomic E-state index is -3.35. The molecular weight excluding hydrogens is 446 g/mol. The van der Waals surface area contributed by atoms with Crippen LogP contribution in [0.5, 0.6) is 0 Å². The molecule has 3 heterocycles. The number of aromatic nitrogens is 2. The lowest BCUT2D eigenvalue weighted by Crippen LogP contribution is -2.30. The summed E-state index contributed by atoms with van der Waals surface area (Å²) in [4.78, 5) is 6.62. The topological polar surface area (TPSA) is 88.5 Å². The number of anilines is 2. The molecule has 0 spiro atoms. The fraction of sp³-hybridized carbons (Fsp3) is 0.273. The van der Waals surface area contributed by atoms with Crippen LogP contribution in [0, 0.1) is 0 Å². The maximum absolute atomic E-state index is 11.6. The molecule has 4 rings (SSSR count). The Morgan fingerprint density at radius 1 is 1.16 bits per heavy atom. The Labute approximate surface area is 193 Å². The molecule has 8 nitrogen and oxygen atoms in total. The first-order valence-electron chi connectivity index (χ1n) is 10.1. The zero-order chi connectivity index (χ0) is 22.7. The van der Waals surface area contributed by atoms with E-state index >= 15 is 0 Å². The maximum atomic E-state index is 11.6. The van der Waals surface area contributed by atoms with Crippen molar-refractivity contribution in [3.05, 3.63) is 78.4 Å². The lowest BCUT2D eigenvalue weighted by Gasteiger charge is -2.29. The molecule has 2 N–H and O–H groups in total. The van der Waals surface area contributed by atoms with Crippen molar-refractivity contribution >= 4 is 38.7 Å². The van der Waals surface area contributed by atoms with Crippen molar-refractivity contribution in [3.8, 4) is 0 Å². The van der Waals surface area contributed by atoms with E-state index in [-0.39, 0.29) is 12.1 Å². The van der Waals surface area contributed by atoms with Crippen molar-refractivity contribution in [3.63, 3.8) is 0 Å². The van der Waals surface area contributed by atoms with Crippen molar-refractivity contribution in [2.24, 2.45) is 0 Å². The Hall–Kier alpha value is -2.95. The van der Waals surface area contributed by atoms with Crippen molar-refractivity contribution in [2.45, 2.75) is 18.6 Å². The summed E-state index contributed by atoms with van der Waals surface area (Å²) in [6.07, 6.45) is 4.93. The molecule has 0 bridgehead atoms. The quantitative estimate of drug-likeness (QED) is 0.488. The molecule has 1 fully saturated rings. The molecule has 3 aromatic rings. The molecule has 0 unspecified atom stereocenters. The monoisotopic (exact) mass is 471 g/mol. The average molecular weight is 472 g/mol. The van der Waals surface area contributed by atoms with Crippen LogP contribution in [-0.2, 0) is 21.3 Å². The van der Waals surface area contributed by atoms with Gasteiger partial charge in [-0.25, -0.2) is 8.42 Å². The van der Waals surface area contributed by atoms with Crippen molar-refractivity contribution in [1.29, 1.82) is 0 Å². The Morgan fingerprint density at radius 2 is 1.94 bits per heavy atom. The first kappa shape index (κ1) is 22.3. The van der Waals surface area contributed by atoms with Crippen LogP contribution < -0.4 is 14.9 Å². The fourth-order valence-electron chi connectivity index (χ4n) is 3.93. The average Bonchev–Trinajstić information content (AvgIpc) is 3.36. The lowest BCUT2D eigenvalue weighted by molar-refractivity contribution is 0.186. The number of hydrogen-bond donors (Lipinski definition) is 2. The summed E-state index contributed by atoms with van der Waals surface area (Å²) in [5.74, 6) is 0. The van der Waals surface area contributed by atoms with Crippen LogP contribution in [0.4, 0.5) is 11.4 Å². The molecule has 2 aromatic heterocycles. The van der Waals surface area contributed by atoms with E-state index in [2.05, 4.69) is 30.6 Å². The van der Waals surface area contributed by atoms with E-state index in [0.717, 1.165) is 23.3 Å². The highest BCUT2D eigenvalue weighted by atomic mass is 32.2. The highest BCUT2D eigenvalue weighted by molar-refractivity contribution is 7.92. The van der Waals surface area contributed by atoms with Crippen LogP contribution in [0.15, 0.2) is 67.0 Å². The number of pyridine rings is 1. The number of thiocarbonyl (C=S) groups is 1. The molecule has 1 saturated heterocycles. The van der Waals surface area contributed by atoms with Crippen LogP contribution >= 0.6 is 12.2 Å². The summed E-state index contributed by atoms with van der Waals surface area (Å²) in [7, 11) is -1.67. The zero-order valence-electron chi connectivity index (χ0n) is 17.8. The number of sulfonamides is 1. The minimum absolute atomic E-state index is 0.155. The summed E-state index contributed by atoms with van der Waals surface area (Å²) < 4.78 is 33.0. The molecule has 0 radical (unpaired) electrons. The van der Waals surface area contributed by atoms with Gasteiger partial charge in [0.2, 0.25) is 10.0 Å². The van der Waals surface area contributed by atoms with Crippen molar-refractivity contribution in [2.75, 3.05) is 29.6 Å². The second-order valence-electron chi connectivity index (χ2n) is 7.54. The van der Waals surface area contributed by atoms with E-state index in [4.69, 9.17) is 17.0 Å². The fourth-order valence-corrected chi connectivity index (χ4v) is 4.84. The molecule has 2 atom stereocenters. The Bertz CT molecular complexity index is 1180. The number of hydrogen-bond acceptors (Lipinski definition) is 5. The van der Waals surface area contributed by atoms with E-state index in [0.29, 0.717) is 24.0 Å². The molecule has 0 amide bonds. The number of nitrogens with zero attached hydrogens (tertiary/aromatic N) is 3. The predicted molar refractivity (Wildman–Crippen MR) is 129 cm³/mol. The van der Waals surface area contributed by atoms with Crippen LogP contribution in [-0.4, -0.2) is 43.1 Å². The SMILES string of the molecule is COCCn1cccc1[C@@H]1[C@H](c2ccccn2)NC(=S)N1c1ccc(NS(C)(=O)=O)cc1. The number of ether oxygens (including phenoxy) is 1. The summed E-state index contributed by atoms with van der Waals surface area (Å²) in [6.45, 7) is 1.30. The predicted octanol–water partition coefficient (Wildman–Crippen LogP) is 3.08. The van der Waals surface area contributed by atoms with Gasteiger partial charge >= 0.3 is 0 Å². The van der Waals surface area contributed by atoms with Gasteiger partial charge in [-0.2, -0.15) is 0 Å². The number of nitrogens with one attached hydrogen (secondary N) is 2.